The minimum atomic E-state index is -0.706. The highest BCUT2D eigenvalue weighted by molar-refractivity contribution is 7.22. The Labute approximate surface area is 184 Å². The summed E-state index contributed by atoms with van der Waals surface area (Å²) >= 11 is 1.32. The van der Waals surface area contributed by atoms with Crippen molar-refractivity contribution in [3.63, 3.8) is 0 Å². The summed E-state index contributed by atoms with van der Waals surface area (Å²) in [6.45, 7) is 5.53. The van der Waals surface area contributed by atoms with Gasteiger partial charge in [-0.1, -0.05) is 55.5 Å². The third-order valence-electron chi connectivity index (χ3n) is 4.47. The molecule has 9 heteroatoms. The number of rotatable bonds is 7. The maximum atomic E-state index is 12.8. The largest absolute Gasteiger partial charge is 0.334 e. The number of anilines is 2. The Morgan fingerprint density at radius 1 is 1.03 bits per heavy atom. The number of urea groups is 1. The molecule has 8 nitrogen and oxygen atoms in total. The average molecular weight is 440 g/mol. The van der Waals surface area contributed by atoms with Crippen molar-refractivity contribution in [3.05, 3.63) is 54.1 Å². The van der Waals surface area contributed by atoms with Crippen molar-refractivity contribution >= 4 is 50.2 Å². The second-order valence-electron chi connectivity index (χ2n) is 7.41. The molecule has 0 spiro atoms. The number of nitrogens with zero attached hydrogens (tertiary/aromatic N) is 1. The van der Waals surface area contributed by atoms with E-state index in [1.807, 2.05) is 44.2 Å². The average Bonchev–Trinajstić information content (AvgIpc) is 3.11. The number of aromatic nitrogens is 1. The van der Waals surface area contributed by atoms with Crippen LogP contribution < -0.4 is 21.3 Å². The maximum Gasteiger partial charge on any atom is 0.315 e. The molecule has 1 atom stereocenters. The lowest BCUT2D eigenvalue weighted by Gasteiger charge is -2.22. The Morgan fingerprint density at radius 3 is 2.45 bits per heavy atom. The van der Waals surface area contributed by atoms with Crippen molar-refractivity contribution in [1.29, 1.82) is 0 Å². The summed E-state index contributed by atoms with van der Waals surface area (Å²) in [7, 11) is 0. The third-order valence-corrected chi connectivity index (χ3v) is 5.40. The van der Waals surface area contributed by atoms with Crippen LogP contribution in [-0.2, 0) is 16.1 Å². The molecule has 0 aliphatic heterocycles. The predicted octanol–water partition coefficient (Wildman–Crippen LogP) is 3.72. The van der Waals surface area contributed by atoms with Gasteiger partial charge in [0.05, 0.1) is 10.2 Å². The summed E-state index contributed by atoms with van der Waals surface area (Å²) < 4.78 is 0.830. The molecule has 3 aromatic rings. The van der Waals surface area contributed by atoms with Crippen molar-refractivity contribution in [2.75, 3.05) is 10.6 Å². The van der Waals surface area contributed by atoms with E-state index >= 15 is 0 Å². The highest BCUT2D eigenvalue weighted by Crippen LogP contribution is 2.28. The van der Waals surface area contributed by atoms with E-state index in [-0.39, 0.29) is 17.7 Å². The molecule has 1 aromatic heterocycles. The first-order valence-electron chi connectivity index (χ1n) is 9.89. The van der Waals surface area contributed by atoms with E-state index in [0.717, 1.165) is 15.8 Å². The third kappa shape index (κ3) is 6.26. The first-order valence-corrected chi connectivity index (χ1v) is 10.7. The fraction of sp³-hybridized carbons (Fsp3) is 0.273. The molecule has 0 aliphatic carbocycles. The second kappa shape index (κ2) is 10.0. The van der Waals surface area contributed by atoms with Crippen LogP contribution in [0.4, 0.5) is 15.6 Å². The van der Waals surface area contributed by atoms with Gasteiger partial charge < -0.3 is 21.3 Å². The number of carbonyl (C=O) groups is 3. The highest BCUT2D eigenvalue weighted by Gasteiger charge is 2.24. The van der Waals surface area contributed by atoms with Gasteiger partial charge >= 0.3 is 6.03 Å². The molecule has 4 N–H and O–H groups in total. The number of hydrogen-bond acceptors (Lipinski definition) is 5. The van der Waals surface area contributed by atoms with Crippen LogP contribution in [0.15, 0.2) is 48.5 Å². The zero-order valence-electron chi connectivity index (χ0n) is 17.6. The highest BCUT2D eigenvalue weighted by atomic mass is 32.1. The Hall–Kier alpha value is -3.46. The Bertz CT molecular complexity index is 1080. The Kier molecular flexibility index (Phi) is 7.19. The Balaban J connectivity index is 1.63. The van der Waals surface area contributed by atoms with Gasteiger partial charge in [-0.05, 0) is 29.7 Å². The predicted molar refractivity (Wildman–Crippen MR) is 123 cm³/mol. The van der Waals surface area contributed by atoms with Crippen LogP contribution >= 0.6 is 11.3 Å². The van der Waals surface area contributed by atoms with E-state index < -0.39 is 12.1 Å². The number of benzene rings is 2. The first kappa shape index (κ1) is 22.2. The number of nitrogens with one attached hydrogen (secondary N) is 4. The van der Waals surface area contributed by atoms with Crippen LogP contribution in [0, 0.1) is 5.92 Å². The van der Waals surface area contributed by atoms with Gasteiger partial charge in [-0.2, -0.15) is 0 Å². The molecule has 0 saturated heterocycles. The number of fused-ring (bicyclic) bond motifs is 1. The lowest BCUT2D eigenvalue weighted by molar-refractivity contribution is -0.119. The van der Waals surface area contributed by atoms with Crippen molar-refractivity contribution in [2.45, 2.75) is 33.4 Å². The first-order chi connectivity index (χ1) is 14.8. The monoisotopic (exact) mass is 439 g/mol. The van der Waals surface area contributed by atoms with E-state index in [1.165, 1.54) is 18.3 Å². The smallest absolute Gasteiger partial charge is 0.315 e. The molecule has 0 aliphatic rings. The normalized spacial score (nSPS) is 11.7. The number of hydrogen-bond donors (Lipinski definition) is 4. The standard InChI is InChI=1S/C22H25N5O3S/c1-13(2)19(27-21(30)23-12-15-7-5-4-6-8-15)20(29)25-16-9-10-17-18(11-16)31-22(26-17)24-14(3)28/h4-11,13,19H,12H2,1-3H3,(H,25,29)(H2,23,27,30)(H,24,26,28). The van der Waals surface area contributed by atoms with Crippen LogP contribution in [0.3, 0.4) is 0 Å². The minimum Gasteiger partial charge on any atom is -0.334 e. The fourth-order valence-corrected chi connectivity index (χ4v) is 3.88. The molecule has 0 saturated carbocycles. The van der Waals surface area contributed by atoms with E-state index in [1.54, 1.807) is 18.2 Å². The number of thiazole rings is 1. The lowest BCUT2D eigenvalue weighted by atomic mass is 10.0. The van der Waals surface area contributed by atoms with Gasteiger partial charge in [0.15, 0.2) is 5.13 Å². The molecule has 0 radical (unpaired) electrons. The molecule has 0 fully saturated rings. The maximum absolute atomic E-state index is 12.8. The summed E-state index contributed by atoms with van der Waals surface area (Å²) in [4.78, 5) is 40.7. The van der Waals surface area contributed by atoms with Crippen LogP contribution in [0.25, 0.3) is 10.2 Å². The van der Waals surface area contributed by atoms with Gasteiger partial charge in [-0.25, -0.2) is 9.78 Å². The van der Waals surface area contributed by atoms with Crippen molar-refractivity contribution in [2.24, 2.45) is 5.92 Å². The zero-order chi connectivity index (χ0) is 22.4. The molecular formula is C22H25N5O3S. The van der Waals surface area contributed by atoms with Gasteiger partial charge in [0, 0.05) is 19.2 Å². The van der Waals surface area contributed by atoms with Crippen LogP contribution in [0.1, 0.15) is 26.3 Å². The summed E-state index contributed by atoms with van der Waals surface area (Å²) in [6.07, 6.45) is 0. The number of carbonyl (C=O) groups excluding carboxylic acids is 3. The molecule has 2 aromatic carbocycles. The van der Waals surface area contributed by atoms with E-state index in [4.69, 9.17) is 0 Å². The summed E-state index contributed by atoms with van der Waals surface area (Å²) in [5.41, 5.74) is 2.29. The van der Waals surface area contributed by atoms with Gasteiger partial charge in [-0.15, -0.1) is 0 Å². The quantitative estimate of drug-likeness (QED) is 0.449. The van der Waals surface area contributed by atoms with Gasteiger partial charge in [0.25, 0.3) is 0 Å². The van der Waals surface area contributed by atoms with Gasteiger partial charge in [0.2, 0.25) is 11.8 Å². The van der Waals surface area contributed by atoms with E-state index in [9.17, 15) is 14.4 Å². The van der Waals surface area contributed by atoms with Crippen molar-refractivity contribution in [1.82, 2.24) is 15.6 Å². The van der Waals surface area contributed by atoms with Gasteiger partial charge in [-0.3, -0.25) is 9.59 Å². The van der Waals surface area contributed by atoms with E-state index in [2.05, 4.69) is 26.3 Å². The summed E-state index contributed by atoms with van der Waals surface area (Å²) in [5.74, 6) is -0.610. The summed E-state index contributed by atoms with van der Waals surface area (Å²) in [6, 6.07) is 13.7. The van der Waals surface area contributed by atoms with Crippen LogP contribution in [0.5, 0.6) is 0 Å². The topological polar surface area (TPSA) is 112 Å². The minimum absolute atomic E-state index is 0.110. The molecular weight excluding hydrogens is 414 g/mol. The molecule has 0 bridgehead atoms. The summed E-state index contributed by atoms with van der Waals surface area (Å²) in [5, 5.41) is 11.5. The fourth-order valence-electron chi connectivity index (χ4n) is 2.93. The molecule has 31 heavy (non-hydrogen) atoms. The molecule has 162 valence electrons. The Morgan fingerprint density at radius 2 is 1.77 bits per heavy atom. The zero-order valence-corrected chi connectivity index (χ0v) is 18.4. The molecule has 3 rings (SSSR count). The SMILES string of the molecule is CC(=O)Nc1nc2ccc(NC(=O)C(NC(=O)NCc3ccccc3)C(C)C)cc2s1. The molecule has 1 unspecified atom stereocenters. The lowest BCUT2D eigenvalue weighted by Crippen LogP contribution is -2.50. The molecule has 4 amide bonds. The van der Waals surface area contributed by atoms with Crippen LogP contribution in [0.2, 0.25) is 0 Å². The van der Waals surface area contributed by atoms with Crippen molar-refractivity contribution in [3.8, 4) is 0 Å². The van der Waals surface area contributed by atoms with Crippen LogP contribution in [-0.4, -0.2) is 28.9 Å². The number of amides is 4. The second-order valence-corrected chi connectivity index (χ2v) is 8.44. The van der Waals surface area contributed by atoms with Crippen molar-refractivity contribution < 1.29 is 14.4 Å². The van der Waals surface area contributed by atoms with Gasteiger partial charge in [0.1, 0.15) is 6.04 Å². The molecule has 1 heterocycles. The van der Waals surface area contributed by atoms with E-state index in [0.29, 0.717) is 17.4 Å².